The lowest BCUT2D eigenvalue weighted by molar-refractivity contribution is -0.120. The van der Waals surface area contributed by atoms with E-state index in [9.17, 15) is 9.59 Å². The van der Waals surface area contributed by atoms with Crippen molar-refractivity contribution in [3.63, 3.8) is 0 Å². The fourth-order valence-corrected chi connectivity index (χ4v) is 2.92. The number of nitrogens with zero attached hydrogens (tertiary/aromatic N) is 2. The van der Waals surface area contributed by atoms with Gasteiger partial charge in [0.2, 0.25) is 11.8 Å². The van der Waals surface area contributed by atoms with E-state index in [1.807, 2.05) is 35.0 Å². The second-order valence-corrected chi connectivity index (χ2v) is 6.54. The van der Waals surface area contributed by atoms with Crippen LogP contribution in [0.3, 0.4) is 0 Å². The van der Waals surface area contributed by atoms with E-state index in [2.05, 4.69) is 10.5 Å². The number of primary amides is 1. The number of rotatable bonds is 7. The number of aryl methyl sites for hydroxylation is 1. The molecule has 2 amide bonds. The normalized spacial score (nSPS) is 11.1. The van der Waals surface area contributed by atoms with Gasteiger partial charge in [-0.2, -0.15) is 5.10 Å². The third kappa shape index (κ3) is 4.95. The van der Waals surface area contributed by atoms with Gasteiger partial charge in [0.1, 0.15) is 0 Å². The fraction of sp³-hybridized carbons (Fsp3) is 0.150. The molecular formula is C20H19ClN4O2. The van der Waals surface area contributed by atoms with Gasteiger partial charge in [0.05, 0.1) is 12.6 Å². The van der Waals surface area contributed by atoms with E-state index in [1.165, 1.54) is 0 Å². The summed E-state index contributed by atoms with van der Waals surface area (Å²) in [7, 11) is 0. The number of nitrogens with two attached hydrogens (primary N) is 1. The quantitative estimate of drug-likeness (QED) is 0.486. The maximum Gasteiger partial charge on any atom is 0.244 e. The van der Waals surface area contributed by atoms with Gasteiger partial charge in [-0.1, -0.05) is 41.9 Å². The first-order chi connectivity index (χ1) is 13.0. The van der Waals surface area contributed by atoms with E-state index >= 15 is 0 Å². The molecule has 0 unspecified atom stereocenters. The average Bonchev–Trinajstić information content (AvgIpc) is 3.00. The van der Waals surface area contributed by atoms with E-state index in [4.69, 9.17) is 17.3 Å². The van der Waals surface area contributed by atoms with E-state index < -0.39 is 0 Å². The van der Waals surface area contributed by atoms with E-state index in [0.717, 1.165) is 22.0 Å². The highest BCUT2D eigenvalue weighted by molar-refractivity contribution is 6.30. The zero-order chi connectivity index (χ0) is 19.2. The Morgan fingerprint density at radius 1 is 1.15 bits per heavy atom. The van der Waals surface area contributed by atoms with Crippen LogP contribution in [0.2, 0.25) is 5.02 Å². The van der Waals surface area contributed by atoms with Crippen LogP contribution in [-0.2, 0) is 22.6 Å². The Morgan fingerprint density at radius 2 is 1.89 bits per heavy atom. The first-order valence-electron chi connectivity index (χ1n) is 8.45. The first-order valence-corrected chi connectivity index (χ1v) is 8.83. The van der Waals surface area contributed by atoms with Crippen molar-refractivity contribution < 1.29 is 9.59 Å². The van der Waals surface area contributed by atoms with Crippen molar-refractivity contribution in [3.05, 3.63) is 70.9 Å². The molecular weight excluding hydrogens is 364 g/mol. The molecule has 3 rings (SSSR count). The first kappa shape index (κ1) is 18.7. The van der Waals surface area contributed by atoms with Gasteiger partial charge >= 0.3 is 0 Å². The van der Waals surface area contributed by atoms with Crippen LogP contribution in [0.25, 0.3) is 10.9 Å². The van der Waals surface area contributed by atoms with E-state index in [0.29, 0.717) is 11.6 Å². The summed E-state index contributed by atoms with van der Waals surface area (Å²) in [5.41, 5.74) is 10.5. The van der Waals surface area contributed by atoms with Crippen molar-refractivity contribution in [2.75, 3.05) is 0 Å². The molecule has 0 aliphatic heterocycles. The number of nitrogens with one attached hydrogen (secondary N) is 1. The summed E-state index contributed by atoms with van der Waals surface area (Å²) in [5, 5.41) is 5.67. The number of hydrogen-bond acceptors (Lipinski definition) is 3. The van der Waals surface area contributed by atoms with Crippen LogP contribution in [-0.4, -0.2) is 22.6 Å². The summed E-state index contributed by atoms with van der Waals surface area (Å²) in [6, 6.07) is 14.9. The number of hydrazone groups is 1. The zero-order valence-electron chi connectivity index (χ0n) is 14.6. The van der Waals surface area contributed by atoms with E-state index in [-0.39, 0.29) is 24.7 Å². The second-order valence-electron chi connectivity index (χ2n) is 6.11. The molecule has 0 fully saturated rings. The van der Waals surface area contributed by atoms with Gasteiger partial charge in [0.25, 0.3) is 0 Å². The molecule has 138 valence electrons. The van der Waals surface area contributed by atoms with Gasteiger partial charge < -0.3 is 10.3 Å². The van der Waals surface area contributed by atoms with E-state index in [1.54, 1.807) is 30.5 Å². The number of fused-ring (bicyclic) bond motifs is 1. The van der Waals surface area contributed by atoms with Gasteiger partial charge in [-0.15, -0.1) is 0 Å². The SMILES string of the molecule is NC(=O)CCn1cc(/C=N\NC(=O)Cc2ccc(Cl)cc2)c2ccccc21. The average molecular weight is 383 g/mol. The minimum Gasteiger partial charge on any atom is -0.370 e. The number of carbonyl (C=O) groups excluding carboxylic acids is 2. The molecule has 1 aromatic heterocycles. The zero-order valence-corrected chi connectivity index (χ0v) is 15.3. The lowest BCUT2D eigenvalue weighted by Crippen LogP contribution is -2.19. The number of aromatic nitrogens is 1. The Bertz CT molecular complexity index is 993. The molecule has 0 radical (unpaired) electrons. The van der Waals surface area contributed by atoms with Crippen molar-refractivity contribution in [1.29, 1.82) is 0 Å². The molecule has 0 bridgehead atoms. The predicted octanol–water partition coefficient (Wildman–Crippen LogP) is 2.86. The van der Waals surface area contributed by atoms with Gasteiger partial charge in [-0.3, -0.25) is 9.59 Å². The van der Waals surface area contributed by atoms with Gasteiger partial charge in [-0.05, 0) is 23.8 Å². The highest BCUT2D eigenvalue weighted by Gasteiger charge is 2.08. The molecule has 1 heterocycles. The highest BCUT2D eigenvalue weighted by atomic mass is 35.5. The lowest BCUT2D eigenvalue weighted by atomic mass is 10.1. The molecule has 3 N–H and O–H groups in total. The fourth-order valence-electron chi connectivity index (χ4n) is 2.79. The Hall–Kier alpha value is -3.12. The Labute approximate surface area is 161 Å². The number of carbonyl (C=O) groups is 2. The van der Waals surface area contributed by atoms with Gasteiger partial charge in [0, 0.05) is 40.7 Å². The van der Waals surface area contributed by atoms with Crippen molar-refractivity contribution in [2.45, 2.75) is 19.4 Å². The Balaban J connectivity index is 1.69. The minimum atomic E-state index is -0.350. The number of hydrogen-bond donors (Lipinski definition) is 2. The van der Waals surface area contributed by atoms with Crippen LogP contribution in [0, 0.1) is 0 Å². The van der Waals surface area contributed by atoms with Crippen molar-refractivity contribution in [3.8, 4) is 0 Å². The summed E-state index contributed by atoms with van der Waals surface area (Å²) in [5.74, 6) is -0.566. The molecule has 3 aromatic rings. The Kier molecular flexibility index (Phi) is 5.88. The van der Waals surface area contributed by atoms with Crippen LogP contribution in [0.1, 0.15) is 17.5 Å². The summed E-state index contributed by atoms with van der Waals surface area (Å²) in [4.78, 5) is 23.1. The van der Waals surface area contributed by atoms with Crippen LogP contribution in [0.5, 0.6) is 0 Å². The van der Waals surface area contributed by atoms with Gasteiger partial charge in [0.15, 0.2) is 0 Å². The second kappa shape index (κ2) is 8.51. The monoisotopic (exact) mass is 382 g/mol. The molecule has 6 nitrogen and oxygen atoms in total. The number of benzene rings is 2. The van der Waals surface area contributed by atoms with Gasteiger partial charge in [-0.25, -0.2) is 5.43 Å². The molecule has 0 aliphatic rings. The third-order valence-corrected chi connectivity index (χ3v) is 4.34. The van der Waals surface area contributed by atoms with Crippen molar-refractivity contribution in [2.24, 2.45) is 10.8 Å². The number of para-hydroxylation sites is 1. The minimum absolute atomic E-state index is 0.217. The predicted molar refractivity (Wildman–Crippen MR) is 107 cm³/mol. The smallest absolute Gasteiger partial charge is 0.244 e. The third-order valence-electron chi connectivity index (χ3n) is 4.09. The molecule has 0 spiro atoms. The van der Waals surface area contributed by atoms with Crippen LogP contribution in [0.15, 0.2) is 59.8 Å². The molecule has 0 aliphatic carbocycles. The lowest BCUT2D eigenvalue weighted by Gasteiger charge is -2.02. The molecule has 27 heavy (non-hydrogen) atoms. The largest absolute Gasteiger partial charge is 0.370 e. The number of halogens is 1. The van der Waals surface area contributed by atoms with Crippen molar-refractivity contribution in [1.82, 2.24) is 9.99 Å². The molecule has 7 heteroatoms. The summed E-state index contributed by atoms with van der Waals surface area (Å²) < 4.78 is 1.96. The maximum atomic E-state index is 12.0. The molecule has 2 aromatic carbocycles. The Morgan fingerprint density at radius 3 is 2.63 bits per heavy atom. The van der Waals surface area contributed by atoms with Crippen LogP contribution in [0.4, 0.5) is 0 Å². The number of amides is 2. The topological polar surface area (TPSA) is 89.5 Å². The van der Waals surface area contributed by atoms with Crippen LogP contribution < -0.4 is 11.2 Å². The maximum absolute atomic E-state index is 12.0. The summed E-state index contributed by atoms with van der Waals surface area (Å²) >= 11 is 5.84. The van der Waals surface area contributed by atoms with Crippen molar-refractivity contribution >= 4 is 40.5 Å². The molecule has 0 saturated heterocycles. The van der Waals surface area contributed by atoms with Crippen LogP contribution >= 0.6 is 11.6 Å². The molecule has 0 atom stereocenters. The summed E-state index contributed by atoms with van der Waals surface area (Å²) in [6.07, 6.45) is 3.97. The molecule has 0 saturated carbocycles. The summed E-state index contributed by atoms with van der Waals surface area (Å²) in [6.45, 7) is 0.493. The highest BCUT2D eigenvalue weighted by Crippen LogP contribution is 2.20. The standard InChI is InChI=1S/C20H19ClN4O2/c21-16-7-5-14(6-8-16)11-20(27)24-23-12-15-13-25(10-9-19(22)26)18-4-2-1-3-17(15)18/h1-8,12-13H,9-11H2,(H2,22,26)(H,24,27)/b23-12-.